The fourth-order valence-electron chi connectivity index (χ4n) is 3.87. The highest BCUT2D eigenvalue weighted by molar-refractivity contribution is 5.90. The fraction of sp³-hybridized carbons (Fsp3) is 0.417. The molecule has 0 radical (unpaired) electrons. The molecule has 7 nitrogen and oxygen atoms in total. The monoisotopic (exact) mass is 426 g/mol. The quantitative estimate of drug-likeness (QED) is 0.660. The molecule has 0 saturated carbocycles. The summed E-state index contributed by atoms with van der Waals surface area (Å²) in [5, 5.41) is 2.95. The number of ether oxygens (including phenoxy) is 3. The minimum atomic E-state index is -0.462. The van der Waals surface area contributed by atoms with Crippen molar-refractivity contribution in [1.82, 2.24) is 4.90 Å². The number of carbonyl (C=O) groups excluding carboxylic acids is 2. The third kappa shape index (κ3) is 5.29. The number of benzene rings is 2. The number of aryl methyl sites for hydroxylation is 1. The van der Waals surface area contributed by atoms with E-state index in [2.05, 4.69) is 5.32 Å². The van der Waals surface area contributed by atoms with Crippen molar-refractivity contribution in [2.24, 2.45) is 0 Å². The van der Waals surface area contributed by atoms with Crippen molar-refractivity contribution in [1.29, 1.82) is 0 Å². The van der Waals surface area contributed by atoms with Gasteiger partial charge in [-0.25, -0.2) is 4.79 Å². The van der Waals surface area contributed by atoms with Gasteiger partial charge in [-0.15, -0.1) is 0 Å². The number of fused-ring (bicyclic) bond motifs is 1. The maximum absolute atomic E-state index is 13.2. The molecule has 1 N–H and O–H groups in total. The summed E-state index contributed by atoms with van der Waals surface area (Å²) in [5.41, 5.74) is 3.69. The normalized spacial score (nSPS) is 15.1. The Morgan fingerprint density at radius 2 is 1.81 bits per heavy atom. The summed E-state index contributed by atoms with van der Waals surface area (Å²) in [6.45, 7) is 7.28. The van der Waals surface area contributed by atoms with Crippen LogP contribution in [0, 0.1) is 6.92 Å². The molecule has 3 rings (SSSR count). The zero-order valence-corrected chi connectivity index (χ0v) is 18.6. The highest BCUT2D eigenvalue weighted by atomic mass is 16.5. The van der Waals surface area contributed by atoms with Gasteiger partial charge in [-0.2, -0.15) is 0 Å². The molecule has 31 heavy (non-hydrogen) atoms. The largest absolute Gasteiger partial charge is 0.490 e. The standard InChI is InChI=1S/C24H30N2O5/c1-5-30-21-13-17-10-11-26(24(28)25-18-9-7-8-16(3)12-18)20(15-23(27)29-4)19(17)14-22(21)31-6-2/h7-9,12-14,20H,5-6,10-11,15H2,1-4H3,(H,25,28). The summed E-state index contributed by atoms with van der Waals surface area (Å²) in [5.74, 6) is 0.912. The SMILES string of the molecule is CCOc1cc2c(cc1OCC)C(CC(=O)OC)N(C(=O)Nc1cccc(C)c1)CC2. The van der Waals surface area contributed by atoms with Gasteiger partial charge in [-0.05, 0) is 68.1 Å². The van der Waals surface area contributed by atoms with Crippen LogP contribution in [0.15, 0.2) is 36.4 Å². The van der Waals surface area contributed by atoms with E-state index in [-0.39, 0.29) is 18.4 Å². The molecule has 166 valence electrons. The Labute approximate surface area is 183 Å². The van der Waals surface area contributed by atoms with E-state index < -0.39 is 6.04 Å². The lowest BCUT2D eigenvalue weighted by Crippen LogP contribution is -2.43. The number of amides is 2. The summed E-state index contributed by atoms with van der Waals surface area (Å²) >= 11 is 0. The number of nitrogens with one attached hydrogen (secondary N) is 1. The Kier molecular flexibility index (Phi) is 7.39. The first kappa shape index (κ1) is 22.5. The summed E-state index contributed by atoms with van der Waals surface area (Å²) in [6, 6.07) is 10.8. The summed E-state index contributed by atoms with van der Waals surface area (Å²) < 4.78 is 16.4. The van der Waals surface area contributed by atoms with Crippen LogP contribution < -0.4 is 14.8 Å². The van der Waals surface area contributed by atoms with Gasteiger partial charge in [0.25, 0.3) is 0 Å². The van der Waals surface area contributed by atoms with E-state index >= 15 is 0 Å². The van der Waals surface area contributed by atoms with Crippen LogP contribution in [0.25, 0.3) is 0 Å². The number of nitrogens with zero attached hydrogens (tertiary/aromatic N) is 1. The highest BCUT2D eigenvalue weighted by Crippen LogP contribution is 2.40. The van der Waals surface area contributed by atoms with Crippen LogP contribution in [0.4, 0.5) is 10.5 Å². The van der Waals surface area contributed by atoms with Gasteiger partial charge in [0.2, 0.25) is 0 Å². The van der Waals surface area contributed by atoms with Crippen molar-refractivity contribution >= 4 is 17.7 Å². The number of methoxy groups -OCH3 is 1. The fourth-order valence-corrected chi connectivity index (χ4v) is 3.87. The van der Waals surface area contributed by atoms with E-state index in [4.69, 9.17) is 14.2 Å². The van der Waals surface area contributed by atoms with Crippen LogP contribution in [0.1, 0.15) is 43.0 Å². The summed E-state index contributed by atoms with van der Waals surface area (Å²) in [6.07, 6.45) is 0.713. The van der Waals surface area contributed by atoms with E-state index in [1.807, 2.05) is 57.2 Å². The predicted octanol–water partition coefficient (Wildman–Crippen LogP) is 4.49. The highest BCUT2D eigenvalue weighted by Gasteiger charge is 2.34. The first-order valence-corrected chi connectivity index (χ1v) is 10.6. The van der Waals surface area contributed by atoms with Gasteiger partial charge in [-0.3, -0.25) is 4.79 Å². The maximum atomic E-state index is 13.2. The number of anilines is 1. The van der Waals surface area contributed by atoms with Crippen molar-refractivity contribution < 1.29 is 23.8 Å². The first-order chi connectivity index (χ1) is 15.0. The van der Waals surface area contributed by atoms with E-state index in [1.54, 1.807) is 4.90 Å². The number of esters is 1. The maximum Gasteiger partial charge on any atom is 0.322 e. The van der Waals surface area contributed by atoms with Crippen molar-refractivity contribution in [3.05, 3.63) is 53.1 Å². The molecule has 0 fully saturated rings. The molecule has 1 atom stereocenters. The molecule has 7 heteroatoms. The molecule has 1 heterocycles. The van der Waals surface area contributed by atoms with Gasteiger partial charge < -0.3 is 24.4 Å². The van der Waals surface area contributed by atoms with Crippen molar-refractivity contribution in [3.63, 3.8) is 0 Å². The van der Waals surface area contributed by atoms with Crippen molar-refractivity contribution in [2.75, 3.05) is 32.2 Å². The Hall–Kier alpha value is -3.22. The van der Waals surface area contributed by atoms with Crippen LogP contribution in [0.3, 0.4) is 0 Å². The summed E-state index contributed by atoms with van der Waals surface area (Å²) in [7, 11) is 1.35. The average molecular weight is 427 g/mol. The first-order valence-electron chi connectivity index (χ1n) is 10.6. The van der Waals surface area contributed by atoms with Crippen LogP contribution in [0.5, 0.6) is 11.5 Å². The van der Waals surface area contributed by atoms with Crippen LogP contribution in [0.2, 0.25) is 0 Å². The molecule has 1 unspecified atom stereocenters. The van der Waals surface area contributed by atoms with Crippen molar-refractivity contribution in [2.45, 2.75) is 39.7 Å². The Balaban J connectivity index is 1.96. The molecule has 1 aliphatic heterocycles. The van der Waals surface area contributed by atoms with E-state index in [0.717, 1.165) is 16.7 Å². The van der Waals surface area contributed by atoms with Crippen LogP contribution in [-0.2, 0) is 16.0 Å². The van der Waals surface area contributed by atoms with Crippen LogP contribution in [-0.4, -0.2) is 43.8 Å². The molecule has 0 bridgehead atoms. The second kappa shape index (κ2) is 10.2. The number of rotatable bonds is 7. The van der Waals surface area contributed by atoms with E-state index in [1.165, 1.54) is 7.11 Å². The molecule has 0 saturated heterocycles. The van der Waals surface area contributed by atoms with Gasteiger partial charge >= 0.3 is 12.0 Å². The third-order valence-corrected chi connectivity index (χ3v) is 5.28. The molecule has 2 amide bonds. The number of carbonyl (C=O) groups is 2. The minimum Gasteiger partial charge on any atom is -0.490 e. The predicted molar refractivity (Wildman–Crippen MR) is 119 cm³/mol. The number of hydrogen-bond donors (Lipinski definition) is 1. The Morgan fingerprint density at radius 3 is 2.45 bits per heavy atom. The minimum absolute atomic E-state index is 0.0598. The van der Waals surface area contributed by atoms with Gasteiger partial charge in [0.15, 0.2) is 11.5 Å². The molecular weight excluding hydrogens is 396 g/mol. The number of urea groups is 1. The van der Waals surface area contributed by atoms with Gasteiger partial charge in [0, 0.05) is 12.2 Å². The smallest absolute Gasteiger partial charge is 0.322 e. The van der Waals surface area contributed by atoms with E-state index in [9.17, 15) is 9.59 Å². The van der Waals surface area contributed by atoms with Crippen LogP contribution >= 0.6 is 0 Å². The summed E-state index contributed by atoms with van der Waals surface area (Å²) in [4.78, 5) is 27.1. The molecule has 0 aromatic heterocycles. The Morgan fingerprint density at radius 1 is 1.10 bits per heavy atom. The number of hydrogen-bond acceptors (Lipinski definition) is 5. The zero-order valence-electron chi connectivity index (χ0n) is 18.6. The lowest BCUT2D eigenvalue weighted by atomic mass is 9.90. The lowest BCUT2D eigenvalue weighted by molar-refractivity contribution is -0.141. The topological polar surface area (TPSA) is 77.1 Å². The molecule has 1 aliphatic rings. The molecular formula is C24H30N2O5. The molecule has 2 aromatic carbocycles. The van der Waals surface area contributed by atoms with Gasteiger partial charge in [-0.1, -0.05) is 12.1 Å². The lowest BCUT2D eigenvalue weighted by Gasteiger charge is -2.37. The molecule has 2 aromatic rings. The molecule has 0 spiro atoms. The third-order valence-electron chi connectivity index (χ3n) is 5.28. The van der Waals surface area contributed by atoms with Crippen molar-refractivity contribution in [3.8, 4) is 11.5 Å². The zero-order chi connectivity index (χ0) is 22.4. The second-order valence-corrected chi connectivity index (χ2v) is 7.40. The van der Waals surface area contributed by atoms with E-state index in [0.29, 0.717) is 43.4 Å². The Bertz CT molecular complexity index is 944. The molecule has 0 aliphatic carbocycles. The second-order valence-electron chi connectivity index (χ2n) is 7.40. The average Bonchev–Trinajstić information content (AvgIpc) is 2.74. The van der Waals surface area contributed by atoms with Gasteiger partial charge in [0.05, 0.1) is 32.8 Å². The van der Waals surface area contributed by atoms with Gasteiger partial charge in [0.1, 0.15) is 0 Å².